The Morgan fingerprint density at radius 1 is 1.21 bits per heavy atom. The van der Waals surface area contributed by atoms with E-state index in [0.29, 0.717) is 17.7 Å². The topological polar surface area (TPSA) is 52.3 Å². The molecule has 19 heavy (non-hydrogen) atoms. The van der Waals surface area contributed by atoms with Gasteiger partial charge in [0.1, 0.15) is 5.75 Å². The van der Waals surface area contributed by atoms with Gasteiger partial charge in [-0.1, -0.05) is 15.9 Å². The molecule has 0 atom stereocenters. The number of carbonyl (C=O) groups excluding carboxylic acids is 1. The minimum atomic E-state index is 0.0500. The molecular weight excluding hydrogens is 306 g/mol. The molecule has 4 heteroatoms. The van der Waals surface area contributed by atoms with E-state index >= 15 is 0 Å². The number of methoxy groups -OCH3 is 1. The number of rotatable bonds is 4. The predicted octanol–water partition coefficient (Wildman–Crippen LogP) is 3.47. The minimum Gasteiger partial charge on any atom is -0.497 e. The summed E-state index contributed by atoms with van der Waals surface area (Å²) in [5.41, 5.74) is 7.82. The number of nitrogen functional groups attached to an aromatic ring is 1. The van der Waals surface area contributed by atoms with E-state index < -0.39 is 0 Å². The van der Waals surface area contributed by atoms with Gasteiger partial charge < -0.3 is 10.5 Å². The van der Waals surface area contributed by atoms with Gasteiger partial charge in [-0.15, -0.1) is 0 Å². The van der Waals surface area contributed by atoms with Crippen LogP contribution in [0.2, 0.25) is 0 Å². The molecule has 0 aliphatic heterocycles. The van der Waals surface area contributed by atoms with Gasteiger partial charge in [0.15, 0.2) is 5.78 Å². The van der Waals surface area contributed by atoms with Gasteiger partial charge in [0.2, 0.25) is 0 Å². The van der Waals surface area contributed by atoms with Gasteiger partial charge >= 0.3 is 0 Å². The molecule has 0 aromatic heterocycles. The van der Waals surface area contributed by atoms with Crippen LogP contribution in [0.4, 0.5) is 5.69 Å². The fraction of sp³-hybridized carbons (Fsp3) is 0.133. The third-order valence-corrected chi connectivity index (χ3v) is 3.61. The lowest BCUT2D eigenvalue weighted by Crippen LogP contribution is -2.04. The molecule has 0 radical (unpaired) electrons. The Morgan fingerprint density at radius 3 is 2.53 bits per heavy atom. The van der Waals surface area contributed by atoms with Gasteiger partial charge in [-0.05, 0) is 48.0 Å². The fourth-order valence-corrected chi connectivity index (χ4v) is 2.14. The first kappa shape index (κ1) is 13.6. The van der Waals surface area contributed by atoms with Crippen molar-refractivity contribution in [3.8, 4) is 5.75 Å². The highest BCUT2D eigenvalue weighted by Gasteiger charge is 2.10. The molecule has 0 spiro atoms. The Bertz CT molecular complexity index is 594. The monoisotopic (exact) mass is 319 g/mol. The van der Waals surface area contributed by atoms with E-state index in [1.807, 2.05) is 18.2 Å². The van der Waals surface area contributed by atoms with E-state index in [0.717, 1.165) is 15.8 Å². The van der Waals surface area contributed by atoms with Gasteiger partial charge in [-0.2, -0.15) is 0 Å². The van der Waals surface area contributed by atoms with Crippen molar-refractivity contribution in [3.63, 3.8) is 0 Å². The highest BCUT2D eigenvalue weighted by molar-refractivity contribution is 9.10. The van der Waals surface area contributed by atoms with Gasteiger partial charge in [0, 0.05) is 22.1 Å². The van der Waals surface area contributed by atoms with Crippen LogP contribution in [0.15, 0.2) is 46.9 Å². The molecule has 0 unspecified atom stereocenters. The standard InChI is InChI=1S/C15H14BrNO2/c1-19-13-6-7-14(16)11(8-13)9-15(18)10-2-4-12(17)5-3-10/h2-8H,9,17H2,1H3. The Kier molecular flexibility index (Phi) is 4.22. The summed E-state index contributed by atoms with van der Waals surface area (Å²) >= 11 is 3.44. The Balaban J connectivity index is 2.21. The maximum atomic E-state index is 12.2. The van der Waals surface area contributed by atoms with Crippen LogP contribution in [0.3, 0.4) is 0 Å². The summed E-state index contributed by atoms with van der Waals surface area (Å²) in [4.78, 5) is 12.2. The van der Waals surface area contributed by atoms with Crippen LogP contribution in [0.25, 0.3) is 0 Å². The summed E-state index contributed by atoms with van der Waals surface area (Å²) < 4.78 is 6.06. The first-order chi connectivity index (χ1) is 9.10. The predicted molar refractivity (Wildman–Crippen MR) is 79.6 cm³/mol. The van der Waals surface area contributed by atoms with Gasteiger partial charge in [-0.25, -0.2) is 0 Å². The van der Waals surface area contributed by atoms with Crippen LogP contribution in [-0.4, -0.2) is 12.9 Å². The SMILES string of the molecule is COc1ccc(Br)c(CC(=O)c2ccc(N)cc2)c1. The number of hydrogen-bond acceptors (Lipinski definition) is 3. The van der Waals surface area contributed by atoms with Crippen molar-refractivity contribution in [3.05, 3.63) is 58.1 Å². The molecule has 2 rings (SSSR count). The van der Waals surface area contributed by atoms with Crippen LogP contribution in [0.5, 0.6) is 5.75 Å². The van der Waals surface area contributed by atoms with Crippen molar-refractivity contribution in [2.45, 2.75) is 6.42 Å². The molecule has 3 nitrogen and oxygen atoms in total. The molecule has 2 aromatic rings. The number of Topliss-reactive ketones (excluding diaryl/α,β-unsaturated/α-hetero) is 1. The quantitative estimate of drug-likeness (QED) is 0.693. The van der Waals surface area contributed by atoms with Gasteiger partial charge in [0.05, 0.1) is 7.11 Å². The Labute approximate surface area is 120 Å². The second kappa shape index (κ2) is 5.89. The molecule has 0 amide bonds. The number of ether oxygens (including phenoxy) is 1. The normalized spacial score (nSPS) is 10.2. The van der Waals surface area contributed by atoms with Crippen molar-refractivity contribution in [1.82, 2.24) is 0 Å². The van der Waals surface area contributed by atoms with Crippen molar-refractivity contribution < 1.29 is 9.53 Å². The number of benzene rings is 2. The third-order valence-electron chi connectivity index (χ3n) is 2.84. The zero-order valence-corrected chi connectivity index (χ0v) is 12.1. The third kappa shape index (κ3) is 3.35. The summed E-state index contributed by atoms with van der Waals surface area (Å²) in [6.45, 7) is 0. The first-order valence-electron chi connectivity index (χ1n) is 5.81. The molecule has 2 aromatic carbocycles. The lowest BCUT2D eigenvalue weighted by Gasteiger charge is -2.07. The van der Waals surface area contributed by atoms with E-state index in [-0.39, 0.29) is 5.78 Å². The minimum absolute atomic E-state index is 0.0500. The average Bonchev–Trinajstić information content (AvgIpc) is 2.42. The maximum Gasteiger partial charge on any atom is 0.167 e. The number of halogens is 1. The Morgan fingerprint density at radius 2 is 1.89 bits per heavy atom. The summed E-state index contributed by atoms with van der Waals surface area (Å²) in [5, 5.41) is 0. The van der Waals surface area contributed by atoms with Crippen LogP contribution in [0.1, 0.15) is 15.9 Å². The second-order valence-electron chi connectivity index (χ2n) is 4.18. The van der Waals surface area contributed by atoms with Crippen LogP contribution >= 0.6 is 15.9 Å². The van der Waals surface area contributed by atoms with E-state index in [1.54, 1.807) is 31.4 Å². The van der Waals surface area contributed by atoms with E-state index in [4.69, 9.17) is 10.5 Å². The molecule has 0 aliphatic rings. The molecular formula is C15H14BrNO2. The smallest absolute Gasteiger partial charge is 0.167 e. The lowest BCUT2D eigenvalue weighted by atomic mass is 10.0. The number of carbonyl (C=O) groups is 1. The summed E-state index contributed by atoms with van der Waals surface area (Å²) in [6.07, 6.45) is 0.321. The van der Waals surface area contributed by atoms with Gasteiger partial charge in [-0.3, -0.25) is 4.79 Å². The molecule has 98 valence electrons. The number of hydrogen-bond donors (Lipinski definition) is 1. The van der Waals surface area contributed by atoms with E-state index in [9.17, 15) is 4.79 Å². The van der Waals surface area contributed by atoms with Crippen molar-refractivity contribution in [2.75, 3.05) is 12.8 Å². The largest absolute Gasteiger partial charge is 0.497 e. The van der Waals surface area contributed by atoms with Crippen LogP contribution in [0, 0.1) is 0 Å². The second-order valence-corrected chi connectivity index (χ2v) is 5.03. The molecule has 0 aliphatic carbocycles. The molecule has 0 fully saturated rings. The van der Waals surface area contributed by atoms with Crippen molar-refractivity contribution in [1.29, 1.82) is 0 Å². The first-order valence-corrected chi connectivity index (χ1v) is 6.60. The molecule has 0 bridgehead atoms. The number of ketones is 1. The maximum absolute atomic E-state index is 12.2. The van der Waals surface area contributed by atoms with E-state index in [2.05, 4.69) is 15.9 Å². The average molecular weight is 320 g/mol. The molecule has 0 heterocycles. The van der Waals surface area contributed by atoms with Crippen molar-refractivity contribution >= 4 is 27.4 Å². The number of nitrogens with two attached hydrogens (primary N) is 1. The zero-order valence-electron chi connectivity index (χ0n) is 10.5. The summed E-state index contributed by atoms with van der Waals surface area (Å²) in [7, 11) is 1.61. The van der Waals surface area contributed by atoms with E-state index in [1.165, 1.54) is 0 Å². The number of anilines is 1. The van der Waals surface area contributed by atoms with Crippen LogP contribution < -0.4 is 10.5 Å². The lowest BCUT2D eigenvalue weighted by molar-refractivity contribution is 0.0993. The highest BCUT2D eigenvalue weighted by atomic mass is 79.9. The van der Waals surface area contributed by atoms with Crippen molar-refractivity contribution in [2.24, 2.45) is 0 Å². The fourth-order valence-electron chi connectivity index (χ4n) is 1.76. The highest BCUT2D eigenvalue weighted by Crippen LogP contribution is 2.24. The molecule has 0 saturated carbocycles. The molecule has 2 N–H and O–H groups in total. The zero-order chi connectivity index (χ0) is 13.8. The van der Waals surface area contributed by atoms with Crippen LogP contribution in [-0.2, 0) is 6.42 Å². The summed E-state index contributed by atoms with van der Waals surface area (Å²) in [6, 6.07) is 12.5. The Hall–Kier alpha value is -1.81. The molecule has 0 saturated heterocycles. The van der Waals surface area contributed by atoms with Gasteiger partial charge in [0.25, 0.3) is 0 Å². The summed E-state index contributed by atoms with van der Waals surface area (Å²) in [5.74, 6) is 0.789.